The van der Waals surface area contributed by atoms with Gasteiger partial charge in [0.15, 0.2) is 6.29 Å². The van der Waals surface area contributed by atoms with E-state index in [2.05, 4.69) is 6.92 Å². The van der Waals surface area contributed by atoms with Crippen LogP contribution in [-0.4, -0.2) is 57.0 Å². The van der Waals surface area contributed by atoms with Crippen LogP contribution in [0, 0.1) is 6.92 Å². The molecule has 47 heavy (non-hydrogen) atoms. The van der Waals surface area contributed by atoms with Crippen molar-refractivity contribution in [1.82, 2.24) is 4.90 Å². The molecule has 1 fully saturated rings. The van der Waals surface area contributed by atoms with Gasteiger partial charge in [0.05, 0.1) is 11.5 Å². The Morgan fingerprint density at radius 1 is 0.851 bits per heavy atom. The fourth-order valence-corrected chi connectivity index (χ4v) is 7.99. The fourth-order valence-electron chi connectivity index (χ4n) is 5.90. The van der Waals surface area contributed by atoms with Gasteiger partial charge < -0.3 is 19.1 Å². The highest BCUT2D eigenvalue weighted by molar-refractivity contribution is 8.03. The van der Waals surface area contributed by atoms with Gasteiger partial charge in [-0.1, -0.05) is 139 Å². The second-order valence-corrected chi connectivity index (χ2v) is 15.6. The maximum atomic E-state index is 12.7. The van der Waals surface area contributed by atoms with Gasteiger partial charge in [0.1, 0.15) is 12.7 Å². The lowest BCUT2D eigenvalue weighted by Gasteiger charge is -2.24. The fraction of sp³-hybridized carbons (Fsp3) is 0.757. The van der Waals surface area contributed by atoms with Crippen LogP contribution in [0.15, 0.2) is 40.8 Å². The summed E-state index contributed by atoms with van der Waals surface area (Å²) in [7, 11) is -3.90. The van der Waals surface area contributed by atoms with Crippen molar-refractivity contribution >= 4 is 27.8 Å². The Morgan fingerprint density at radius 2 is 1.43 bits per heavy atom. The highest BCUT2D eigenvalue weighted by Gasteiger charge is 2.29. The minimum absolute atomic E-state index is 0.125. The van der Waals surface area contributed by atoms with Gasteiger partial charge in [-0.3, -0.25) is 4.79 Å². The van der Waals surface area contributed by atoms with Crippen LogP contribution in [0.2, 0.25) is 0 Å². The lowest BCUT2D eigenvalue weighted by molar-refractivity contribution is -0.148. The van der Waals surface area contributed by atoms with Crippen LogP contribution >= 0.6 is 11.8 Å². The molecule has 0 spiro atoms. The van der Waals surface area contributed by atoms with Gasteiger partial charge in [-0.25, -0.2) is 4.18 Å². The summed E-state index contributed by atoms with van der Waals surface area (Å²) in [6, 6.07) is 6.57. The number of unbranched alkanes of at least 4 members (excludes halogenated alkanes) is 16. The first-order chi connectivity index (χ1) is 22.9. The van der Waals surface area contributed by atoms with Crippen molar-refractivity contribution in [3.8, 4) is 0 Å². The number of rotatable bonds is 27. The molecule has 0 amide bonds. The molecule has 2 heterocycles. The van der Waals surface area contributed by atoms with Crippen molar-refractivity contribution in [2.75, 3.05) is 19.8 Å². The number of nitrogens with zero attached hydrogens (tertiary/aromatic N) is 1. The minimum atomic E-state index is -3.90. The zero-order chi connectivity index (χ0) is 33.6. The summed E-state index contributed by atoms with van der Waals surface area (Å²) in [6.45, 7) is 5.28. The summed E-state index contributed by atoms with van der Waals surface area (Å²) in [5, 5.41) is 1.79. The van der Waals surface area contributed by atoms with Crippen molar-refractivity contribution in [1.29, 1.82) is 0 Å². The molecule has 0 bridgehead atoms. The SMILES string of the molecule is CCCCCCCCCCCCCCCCCCCC1OCC(COC(=O)CCCN2C=CSC2OS(=O)(=O)c2ccc(C)cc2)O1. The van der Waals surface area contributed by atoms with Crippen LogP contribution in [0.25, 0.3) is 0 Å². The van der Waals surface area contributed by atoms with Crippen molar-refractivity contribution in [3.63, 3.8) is 0 Å². The molecule has 3 unspecified atom stereocenters. The molecular weight excluding hydrogens is 635 g/mol. The summed E-state index contributed by atoms with van der Waals surface area (Å²) < 4.78 is 47.9. The van der Waals surface area contributed by atoms with Crippen molar-refractivity contribution in [2.24, 2.45) is 0 Å². The van der Waals surface area contributed by atoms with Gasteiger partial charge in [-0.05, 0) is 43.7 Å². The van der Waals surface area contributed by atoms with Crippen LogP contribution in [0.4, 0.5) is 0 Å². The van der Waals surface area contributed by atoms with Gasteiger partial charge in [0.2, 0.25) is 5.56 Å². The summed E-state index contributed by atoms with van der Waals surface area (Å²) in [4.78, 5) is 14.2. The van der Waals surface area contributed by atoms with E-state index in [1.807, 2.05) is 6.92 Å². The zero-order valence-corrected chi connectivity index (χ0v) is 30.7. The van der Waals surface area contributed by atoms with E-state index < -0.39 is 15.7 Å². The molecule has 3 atom stereocenters. The number of ether oxygens (including phenoxy) is 3. The summed E-state index contributed by atoms with van der Waals surface area (Å²) in [5.41, 5.74) is 0.277. The molecule has 1 aromatic rings. The molecule has 2 aliphatic rings. The molecule has 1 saturated heterocycles. The zero-order valence-electron chi connectivity index (χ0n) is 29.1. The number of benzene rings is 1. The van der Waals surface area contributed by atoms with Crippen LogP contribution in [-0.2, 0) is 33.3 Å². The molecule has 0 N–H and O–H groups in total. The number of aryl methyl sites for hydroxylation is 1. The molecule has 8 nitrogen and oxygen atoms in total. The first-order valence-electron chi connectivity index (χ1n) is 18.4. The van der Waals surface area contributed by atoms with E-state index in [1.54, 1.807) is 40.8 Å². The number of hydrogen-bond acceptors (Lipinski definition) is 9. The molecule has 1 aromatic carbocycles. The Labute approximate surface area is 289 Å². The quantitative estimate of drug-likeness (QED) is 0.0507. The molecule has 0 radical (unpaired) electrons. The smallest absolute Gasteiger partial charge is 0.305 e. The Morgan fingerprint density at radius 3 is 2.02 bits per heavy atom. The molecule has 10 heteroatoms. The molecule has 268 valence electrons. The Bertz CT molecular complexity index is 1110. The van der Waals surface area contributed by atoms with Crippen molar-refractivity contribution in [3.05, 3.63) is 41.4 Å². The summed E-state index contributed by atoms with van der Waals surface area (Å²) in [5.74, 6) is -0.300. The Hall–Kier alpha value is -1.59. The van der Waals surface area contributed by atoms with Crippen molar-refractivity contribution in [2.45, 2.75) is 165 Å². The molecule has 0 aliphatic carbocycles. The number of thioether (sulfide) groups is 1. The highest BCUT2D eigenvalue weighted by atomic mass is 32.2. The number of carbonyl (C=O) groups excluding carboxylic acids is 1. The molecule has 3 rings (SSSR count). The monoisotopic (exact) mass is 695 g/mol. The second-order valence-electron chi connectivity index (χ2n) is 13.1. The second kappa shape index (κ2) is 23.7. The minimum Gasteiger partial charge on any atom is -0.463 e. The molecule has 2 aliphatic heterocycles. The lowest BCUT2D eigenvalue weighted by Crippen LogP contribution is -2.31. The van der Waals surface area contributed by atoms with Gasteiger partial charge in [-0.2, -0.15) is 8.42 Å². The normalized spacial score (nSPS) is 19.5. The number of carbonyl (C=O) groups is 1. The average Bonchev–Trinajstić information content (AvgIpc) is 3.70. The standard InChI is InChI=1S/C37H61NO7S2/c1-3-4-5-6-7-8-9-10-11-12-13-14-15-16-17-18-19-22-36-43-31-33(44-36)30-42-35(39)21-20-27-38-28-29-46-37(38)45-47(40,41)34-25-23-32(2)24-26-34/h23-26,28-29,33,36-37H,3-22,27,30-31H2,1-2H3. The number of esters is 1. The third-order valence-corrected chi connectivity index (χ3v) is 11.1. The molecule has 0 aromatic heterocycles. The van der Waals surface area contributed by atoms with E-state index in [9.17, 15) is 13.2 Å². The first-order valence-corrected chi connectivity index (χ1v) is 20.7. The van der Waals surface area contributed by atoms with Gasteiger partial charge in [-0.15, -0.1) is 0 Å². The summed E-state index contributed by atoms with van der Waals surface area (Å²) >= 11 is 1.28. The van der Waals surface area contributed by atoms with Crippen LogP contribution < -0.4 is 0 Å². The van der Waals surface area contributed by atoms with Crippen LogP contribution in [0.5, 0.6) is 0 Å². The molecular formula is C37H61NO7S2. The third-order valence-electron chi connectivity index (χ3n) is 8.82. The third kappa shape index (κ3) is 17.1. The van der Waals surface area contributed by atoms with E-state index >= 15 is 0 Å². The van der Waals surface area contributed by atoms with Crippen LogP contribution in [0.1, 0.15) is 141 Å². The highest BCUT2D eigenvalue weighted by Crippen LogP contribution is 2.30. The Balaban J connectivity index is 1.12. The van der Waals surface area contributed by atoms with E-state index in [1.165, 1.54) is 114 Å². The number of hydrogen-bond donors (Lipinski definition) is 0. The van der Waals surface area contributed by atoms with Crippen molar-refractivity contribution < 1.29 is 31.6 Å². The van der Waals surface area contributed by atoms with Gasteiger partial charge >= 0.3 is 5.97 Å². The van der Waals surface area contributed by atoms with Crippen LogP contribution in [0.3, 0.4) is 0 Å². The maximum Gasteiger partial charge on any atom is 0.305 e. The predicted molar refractivity (Wildman–Crippen MR) is 190 cm³/mol. The van der Waals surface area contributed by atoms with E-state index in [0.717, 1.165) is 18.4 Å². The van der Waals surface area contributed by atoms with Gasteiger partial charge in [0.25, 0.3) is 10.1 Å². The lowest BCUT2D eigenvalue weighted by atomic mass is 10.0. The van der Waals surface area contributed by atoms with E-state index in [4.69, 9.17) is 18.4 Å². The largest absolute Gasteiger partial charge is 0.463 e. The summed E-state index contributed by atoms with van der Waals surface area (Å²) in [6.07, 6.45) is 26.1. The maximum absolute atomic E-state index is 12.7. The topological polar surface area (TPSA) is 91.4 Å². The first kappa shape index (κ1) is 39.8. The van der Waals surface area contributed by atoms with E-state index in [-0.39, 0.29) is 36.3 Å². The average molecular weight is 696 g/mol. The van der Waals surface area contributed by atoms with E-state index in [0.29, 0.717) is 19.6 Å². The molecule has 0 saturated carbocycles. The predicted octanol–water partition coefficient (Wildman–Crippen LogP) is 9.61. The Kier molecular flexibility index (Phi) is 20.1. The van der Waals surface area contributed by atoms with Gasteiger partial charge in [0, 0.05) is 19.2 Å².